The molecule has 0 aromatic heterocycles. The predicted octanol–water partition coefficient (Wildman–Crippen LogP) is 7.64. The van der Waals surface area contributed by atoms with Crippen molar-refractivity contribution in [1.29, 1.82) is 0 Å². The van der Waals surface area contributed by atoms with Gasteiger partial charge in [-0.1, -0.05) is 60.5 Å². The highest BCUT2D eigenvalue weighted by Gasteiger charge is 2.37. The maximum absolute atomic E-state index is 13.4. The fourth-order valence-electron chi connectivity index (χ4n) is 3.84. The number of rotatable bonds is 7. The van der Waals surface area contributed by atoms with Crippen LogP contribution in [0.1, 0.15) is 41.2 Å². The molecule has 11 heteroatoms. The van der Waals surface area contributed by atoms with Crippen molar-refractivity contribution >= 4 is 29.1 Å². The van der Waals surface area contributed by atoms with E-state index in [9.17, 15) is 31.1 Å². The first-order valence-corrected chi connectivity index (χ1v) is 11.8. The standard InChI is InChI=1S/C26H22Cl2F6N2O/c1-2-23(37)36-22(35)12-14-4-3-5-16(8-14)19-6-7-21(27)24(28)20(19)11-15-9-17(25(29,30)31)13-18(10-15)26(32,33)34/h3-10,13,22H,2,11-12,35H2,1H3,(H,36,37). The lowest BCUT2D eigenvalue weighted by molar-refractivity contribution is -0.143. The summed E-state index contributed by atoms with van der Waals surface area (Å²) >= 11 is 12.6. The molecule has 0 aliphatic rings. The largest absolute Gasteiger partial charge is 0.416 e. The lowest BCUT2D eigenvalue weighted by Gasteiger charge is -2.18. The molecule has 0 heterocycles. The van der Waals surface area contributed by atoms with Crippen LogP contribution in [0.3, 0.4) is 0 Å². The molecule has 3 aromatic rings. The van der Waals surface area contributed by atoms with Crippen molar-refractivity contribution in [1.82, 2.24) is 5.32 Å². The predicted molar refractivity (Wildman–Crippen MR) is 131 cm³/mol. The molecule has 0 saturated heterocycles. The Morgan fingerprint density at radius 3 is 2.11 bits per heavy atom. The average Bonchev–Trinajstić information content (AvgIpc) is 2.81. The Bertz CT molecular complexity index is 1260. The van der Waals surface area contributed by atoms with Crippen LogP contribution in [0.5, 0.6) is 0 Å². The first-order valence-electron chi connectivity index (χ1n) is 11.1. The van der Waals surface area contributed by atoms with Crippen molar-refractivity contribution in [3.8, 4) is 11.1 Å². The minimum absolute atomic E-state index is 0.0162. The third kappa shape index (κ3) is 7.40. The molecule has 3 nitrogen and oxygen atoms in total. The SMILES string of the molecule is CCC(=O)NC(N)Cc1cccc(-c2ccc(Cl)c(Cl)c2Cc2cc(C(F)(F)F)cc(C(F)(F)F)c2)c1. The monoisotopic (exact) mass is 562 g/mol. The molecule has 3 aromatic carbocycles. The molecule has 0 aliphatic carbocycles. The maximum atomic E-state index is 13.4. The molecule has 0 saturated carbocycles. The highest BCUT2D eigenvalue weighted by molar-refractivity contribution is 6.42. The smallest absolute Gasteiger partial charge is 0.341 e. The molecule has 0 radical (unpaired) electrons. The molecule has 3 N–H and O–H groups in total. The summed E-state index contributed by atoms with van der Waals surface area (Å²) in [5, 5.41) is 2.77. The Labute approximate surface area is 219 Å². The van der Waals surface area contributed by atoms with E-state index in [1.807, 2.05) is 0 Å². The van der Waals surface area contributed by atoms with E-state index in [4.69, 9.17) is 28.9 Å². The minimum atomic E-state index is -4.97. The maximum Gasteiger partial charge on any atom is 0.416 e. The van der Waals surface area contributed by atoms with Gasteiger partial charge in [0.1, 0.15) is 0 Å². The van der Waals surface area contributed by atoms with Gasteiger partial charge in [0.25, 0.3) is 0 Å². The Morgan fingerprint density at radius 1 is 0.919 bits per heavy atom. The summed E-state index contributed by atoms with van der Waals surface area (Å²) in [7, 11) is 0. The Morgan fingerprint density at radius 2 is 1.54 bits per heavy atom. The van der Waals surface area contributed by atoms with Gasteiger partial charge in [-0.2, -0.15) is 26.3 Å². The van der Waals surface area contributed by atoms with Crippen molar-refractivity contribution in [3.05, 3.63) is 92.5 Å². The van der Waals surface area contributed by atoms with E-state index in [0.717, 1.165) is 5.56 Å². The molecule has 37 heavy (non-hydrogen) atoms. The van der Waals surface area contributed by atoms with Crippen LogP contribution in [0.4, 0.5) is 26.3 Å². The summed E-state index contributed by atoms with van der Waals surface area (Å²) in [6.07, 6.45) is -10.4. The van der Waals surface area contributed by atoms with Crippen LogP contribution in [0.15, 0.2) is 54.6 Å². The summed E-state index contributed by atoms with van der Waals surface area (Å²) in [5.74, 6) is -0.213. The second-order valence-corrected chi connectivity index (χ2v) is 9.20. The topological polar surface area (TPSA) is 55.1 Å². The zero-order chi connectivity index (χ0) is 27.5. The number of halogens is 8. The van der Waals surface area contributed by atoms with Gasteiger partial charge < -0.3 is 11.1 Å². The van der Waals surface area contributed by atoms with Gasteiger partial charge >= 0.3 is 12.4 Å². The van der Waals surface area contributed by atoms with Gasteiger partial charge in [0.2, 0.25) is 5.91 Å². The summed E-state index contributed by atoms with van der Waals surface area (Å²) in [5.41, 5.74) is 5.03. The van der Waals surface area contributed by atoms with Crippen molar-refractivity contribution in [2.75, 3.05) is 0 Å². The van der Waals surface area contributed by atoms with Crippen LogP contribution < -0.4 is 11.1 Å². The van der Waals surface area contributed by atoms with Crippen molar-refractivity contribution in [2.24, 2.45) is 5.73 Å². The number of carbonyl (C=O) groups excluding carboxylic acids is 1. The third-order valence-corrected chi connectivity index (χ3v) is 6.43. The van der Waals surface area contributed by atoms with E-state index in [1.165, 1.54) is 6.07 Å². The molecule has 0 aliphatic heterocycles. The fourth-order valence-corrected chi connectivity index (χ4v) is 4.25. The van der Waals surface area contributed by atoms with Crippen LogP contribution in [0, 0.1) is 0 Å². The molecule has 0 fully saturated rings. The van der Waals surface area contributed by atoms with Crippen LogP contribution in [-0.4, -0.2) is 12.1 Å². The van der Waals surface area contributed by atoms with E-state index in [2.05, 4.69) is 5.32 Å². The molecule has 3 rings (SSSR count). The van der Waals surface area contributed by atoms with E-state index in [1.54, 1.807) is 37.3 Å². The van der Waals surface area contributed by atoms with Gasteiger partial charge in [0, 0.05) is 12.8 Å². The highest BCUT2D eigenvalue weighted by atomic mass is 35.5. The van der Waals surface area contributed by atoms with Gasteiger partial charge in [-0.3, -0.25) is 4.79 Å². The van der Waals surface area contributed by atoms with Gasteiger partial charge in [-0.15, -0.1) is 0 Å². The number of hydrogen-bond acceptors (Lipinski definition) is 2. The van der Waals surface area contributed by atoms with Crippen molar-refractivity contribution in [2.45, 2.75) is 44.7 Å². The van der Waals surface area contributed by atoms with Crippen LogP contribution in [0.25, 0.3) is 11.1 Å². The number of alkyl halides is 6. The zero-order valence-electron chi connectivity index (χ0n) is 19.4. The quantitative estimate of drug-likeness (QED) is 0.229. The summed E-state index contributed by atoms with van der Waals surface area (Å²) in [6.45, 7) is 1.69. The lowest BCUT2D eigenvalue weighted by atomic mass is 9.92. The van der Waals surface area contributed by atoms with E-state index in [0.29, 0.717) is 29.7 Å². The normalized spacial score (nSPS) is 12.9. The fraction of sp³-hybridized carbons (Fsp3) is 0.269. The number of hydrogen-bond donors (Lipinski definition) is 2. The Balaban J connectivity index is 2.05. The first-order chi connectivity index (χ1) is 17.2. The molecule has 1 unspecified atom stereocenters. The summed E-state index contributed by atoms with van der Waals surface area (Å²) in [6, 6.07) is 11.5. The van der Waals surface area contributed by atoms with Crippen molar-refractivity contribution < 1.29 is 31.1 Å². The number of nitrogens with one attached hydrogen (secondary N) is 1. The molecule has 198 valence electrons. The highest BCUT2D eigenvalue weighted by Crippen LogP contribution is 2.40. The molecular weight excluding hydrogens is 541 g/mol. The molecular formula is C26H22Cl2F6N2O. The molecule has 1 atom stereocenters. The average molecular weight is 563 g/mol. The van der Waals surface area contributed by atoms with Crippen LogP contribution in [-0.2, 0) is 30.0 Å². The van der Waals surface area contributed by atoms with E-state index >= 15 is 0 Å². The van der Waals surface area contributed by atoms with Crippen molar-refractivity contribution in [3.63, 3.8) is 0 Å². The van der Waals surface area contributed by atoms with Gasteiger partial charge in [-0.25, -0.2) is 0 Å². The number of benzene rings is 3. The van der Waals surface area contributed by atoms with Crippen LogP contribution in [0.2, 0.25) is 10.0 Å². The van der Waals surface area contributed by atoms with Gasteiger partial charge in [0.05, 0.1) is 27.3 Å². The van der Waals surface area contributed by atoms with E-state index < -0.39 is 29.6 Å². The lowest BCUT2D eigenvalue weighted by Crippen LogP contribution is -2.42. The first kappa shape index (κ1) is 28.8. The number of carbonyl (C=O) groups is 1. The number of nitrogens with two attached hydrogens (primary N) is 1. The van der Waals surface area contributed by atoms with Gasteiger partial charge in [0.15, 0.2) is 0 Å². The van der Waals surface area contributed by atoms with E-state index in [-0.39, 0.29) is 46.0 Å². The second-order valence-electron chi connectivity index (χ2n) is 8.41. The van der Waals surface area contributed by atoms with Crippen LogP contribution >= 0.6 is 23.2 Å². The molecule has 1 amide bonds. The number of amides is 1. The zero-order valence-corrected chi connectivity index (χ0v) is 20.9. The molecule has 0 bridgehead atoms. The third-order valence-electron chi connectivity index (χ3n) is 5.59. The Kier molecular flexibility index (Phi) is 8.82. The van der Waals surface area contributed by atoms with Gasteiger partial charge in [-0.05, 0) is 58.5 Å². The summed E-state index contributed by atoms with van der Waals surface area (Å²) in [4.78, 5) is 11.6. The Hall–Kier alpha value is -2.75. The molecule has 0 spiro atoms. The minimum Gasteiger partial charge on any atom is -0.341 e. The second kappa shape index (κ2) is 11.3. The summed E-state index contributed by atoms with van der Waals surface area (Å²) < 4.78 is 80.2.